The summed E-state index contributed by atoms with van der Waals surface area (Å²) >= 11 is 0. The van der Waals surface area contributed by atoms with Crippen LogP contribution < -0.4 is 5.32 Å². The molecule has 1 fully saturated rings. The zero-order valence-electron chi connectivity index (χ0n) is 11.2. The van der Waals surface area contributed by atoms with Crippen LogP contribution in [0.3, 0.4) is 0 Å². The first kappa shape index (κ1) is 13.8. The summed E-state index contributed by atoms with van der Waals surface area (Å²) in [6.45, 7) is 2.13. The third kappa shape index (κ3) is 3.06. The summed E-state index contributed by atoms with van der Waals surface area (Å²) in [5, 5.41) is 12.3. The van der Waals surface area contributed by atoms with Crippen molar-refractivity contribution in [2.45, 2.75) is 45.1 Å². The summed E-state index contributed by atoms with van der Waals surface area (Å²) in [6, 6.07) is 4.35. The van der Waals surface area contributed by atoms with Gasteiger partial charge in [-0.2, -0.15) is 0 Å². The molecule has 4 heteroatoms. The molecule has 19 heavy (non-hydrogen) atoms. The number of aromatic carboxylic acids is 1. The Labute approximate surface area is 112 Å². The van der Waals surface area contributed by atoms with Crippen molar-refractivity contribution in [1.29, 1.82) is 0 Å². The van der Waals surface area contributed by atoms with Crippen LogP contribution in [0.4, 0.5) is 10.1 Å². The molecule has 3 nitrogen and oxygen atoms in total. The van der Waals surface area contributed by atoms with Crippen LogP contribution >= 0.6 is 0 Å². The molecule has 1 aliphatic rings. The summed E-state index contributed by atoms with van der Waals surface area (Å²) in [5.74, 6) is -1.08. The zero-order chi connectivity index (χ0) is 13.8. The fourth-order valence-corrected chi connectivity index (χ4v) is 2.92. The predicted octanol–water partition coefficient (Wildman–Crippen LogP) is 3.90. The SMILES string of the molecule is CCC1CCCCC1Nc1c(F)cccc1C(=O)O. The Hall–Kier alpha value is -1.58. The normalized spacial score (nSPS) is 23.1. The fourth-order valence-electron chi connectivity index (χ4n) is 2.92. The van der Waals surface area contributed by atoms with E-state index in [1.807, 2.05) is 0 Å². The van der Waals surface area contributed by atoms with Gasteiger partial charge < -0.3 is 10.4 Å². The number of hydrogen-bond donors (Lipinski definition) is 2. The highest BCUT2D eigenvalue weighted by Gasteiger charge is 2.26. The Bertz CT molecular complexity index is 461. The Morgan fingerprint density at radius 3 is 2.84 bits per heavy atom. The summed E-state index contributed by atoms with van der Waals surface area (Å²) in [7, 11) is 0. The van der Waals surface area contributed by atoms with E-state index in [-0.39, 0.29) is 17.3 Å². The maximum absolute atomic E-state index is 13.9. The van der Waals surface area contributed by atoms with Crippen LogP contribution in [0, 0.1) is 11.7 Å². The highest BCUT2D eigenvalue weighted by Crippen LogP contribution is 2.31. The molecule has 0 aliphatic heterocycles. The third-order valence-corrected chi connectivity index (χ3v) is 4.01. The van der Waals surface area contributed by atoms with Crippen LogP contribution in [0.2, 0.25) is 0 Å². The van der Waals surface area contributed by atoms with Crippen LogP contribution in [-0.4, -0.2) is 17.1 Å². The first-order chi connectivity index (χ1) is 9.13. The molecule has 1 aromatic carbocycles. The molecule has 0 aromatic heterocycles. The van der Waals surface area contributed by atoms with E-state index in [4.69, 9.17) is 5.11 Å². The van der Waals surface area contributed by atoms with E-state index in [1.54, 1.807) is 0 Å². The zero-order valence-corrected chi connectivity index (χ0v) is 11.2. The number of nitrogens with one attached hydrogen (secondary N) is 1. The van der Waals surface area contributed by atoms with E-state index in [0.717, 1.165) is 25.7 Å². The molecule has 2 N–H and O–H groups in total. The van der Waals surface area contributed by atoms with Gasteiger partial charge in [0.05, 0.1) is 11.3 Å². The lowest BCUT2D eigenvalue weighted by atomic mass is 9.82. The molecule has 0 amide bonds. The Morgan fingerprint density at radius 1 is 1.42 bits per heavy atom. The van der Waals surface area contributed by atoms with E-state index in [0.29, 0.717) is 5.92 Å². The topological polar surface area (TPSA) is 49.3 Å². The van der Waals surface area contributed by atoms with Gasteiger partial charge in [-0.25, -0.2) is 9.18 Å². The van der Waals surface area contributed by atoms with E-state index in [1.165, 1.54) is 24.6 Å². The maximum Gasteiger partial charge on any atom is 0.337 e. The number of carbonyl (C=O) groups is 1. The van der Waals surface area contributed by atoms with Crippen molar-refractivity contribution >= 4 is 11.7 Å². The number of rotatable bonds is 4. The molecule has 1 aliphatic carbocycles. The molecular formula is C15H20FNO2. The minimum absolute atomic E-state index is 0.0143. The van der Waals surface area contributed by atoms with Crippen molar-refractivity contribution in [3.63, 3.8) is 0 Å². The number of carboxylic acid groups (broad SMARTS) is 1. The maximum atomic E-state index is 13.9. The largest absolute Gasteiger partial charge is 0.478 e. The van der Waals surface area contributed by atoms with Gasteiger partial charge in [-0.1, -0.05) is 32.3 Å². The van der Waals surface area contributed by atoms with Crippen LogP contribution in [0.25, 0.3) is 0 Å². The van der Waals surface area contributed by atoms with E-state index >= 15 is 0 Å². The molecular weight excluding hydrogens is 245 g/mol. The van der Waals surface area contributed by atoms with Gasteiger partial charge in [-0.3, -0.25) is 0 Å². The fraction of sp³-hybridized carbons (Fsp3) is 0.533. The van der Waals surface area contributed by atoms with Crippen molar-refractivity contribution in [2.24, 2.45) is 5.92 Å². The first-order valence-electron chi connectivity index (χ1n) is 6.91. The van der Waals surface area contributed by atoms with Crippen molar-refractivity contribution < 1.29 is 14.3 Å². The number of halogens is 1. The van der Waals surface area contributed by atoms with Gasteiger partial charge >= 0.3 is 5.97 Å². The summed E-state index contributed by atoms with van der Waals surface area (Å²) in [4.78, 5) is 11.2. The van der Waals surface area contributed by atoms with Crippen LogP contribution in [-0.2, 0) is 0 Å². The van der Waals surface area contributed by atoms with E-state index in [2.05, 4.69) is 12.2 Å². The van der Waals surface area contributed by atoms with Crippen molar-refractivity contribution in [3.8, 4) is 0 Å². The third-order valence-electron chi connectivity index (χ3n) is 4.01. The van der Waals surface area contributed by atoms with Crippen molar-refractivity contribution in [3.05, 3.63) is 29.6 Å². The Morgan fingerprint density at radius 2 is 2.16 bits per heavy atom. The molecule has 0 bridgehead atoms. The van der Waals surface area contributed by atoms with E-state index in [9.17, 15) is 9.18 Å². The van der Waals surface area contributed by atoms with Gasteiger partial charge in [0.25, 0.3) is 0 Å². The number of benzene rings is 1. The molecule has 0 heterocycles. The second-order valence-electron chi connectivity index (χ2n) is 5.17. The Balaban J connectivity index is 2.24. The minimum Gasteiger partial charge on any atom is -0.478 e. The molecule has 2 unspecified atom stereocenters. The number of anilines is 1. The van der Waals surface area contributed by atoms with Crippen molar-refractivity contribution in [2.75, 3.05) is 5.32 Å². The molecule has 1 saturated carbocycles. The lowest BCUT2D eigenvalue weighted by Gasteiger charge is -2.32. The van der Waals surface area contributed by atoms with Crippen LogP contribution in [0.1, 0.15) is 49.4 Å². The van der Waals surface area contributed by atoms with Gasteiger partial charge in [0.2, 0.25) is 0 Å². The van der Waals surface area contributed by atoms with Gasteiger partial charge in [0.1, 0.15) is 5.82 Å². The van der Waals surface area contributed by atoms with Crippen LogP contribution in [0.15, 0.2) is 18.2 Å². The molecule has 0 radical (unpaired) electrons. The first-order valence-corrected chi connectivity index (χ1v) is 6.91. The average molecular weight is 265 g/mol. The number of carboxylic acids is 1. The molecule has 2 atom stereocenters. The molecule has 104 valence electrons. The standard InChI is InChI=1S/C15H20FNO2/c1-2-10-6-3-4-9-13(10)17-14-11(15(18)19)7-5-8-12(14)16/h5,7-8,10,13,17H,2-4,6,9H2,1H3,(H,18,19). The smallest absolute Gasteiger partial charge is 0.337 e. The van der Waals surface area contributed by atoms with Gasteiger partial charge in [-0.05, 0) is 30.9 Å². The molecule has 2 rings (SSSR count). The van der Waals surface area contributed by atoms with Gasteiger partial charge in [0, 0.05) is 6.04 Å². The van der Waals surface area contributed by atoms with Gasteiger partial charge in [0.15, 0.2) is 0 Å². The Kier molecular flexibility index (Phi) is 4.40. The highest BCUT2D eigenvalue weighted by molar-refractivity contribution is 5.94. The second kappa shape index (κ2) is 6.04. The highest BCUT2D eigenvalue weighted by atomic mass is 19.1. The second-order valence-corrected chi connectivity index (χ2v) is 5.17. The molecule has 0 spiro atoms. The predicted molar refractivity (Wildman–Crippen MR) is 73.0 cm³/mol. The quantitative estimate of drug-likeness (QED) is 0.868. The summed E-state index contributed by atoms with van der Waals surface area (Å²) < 4.78 is 13.9. The van der Waals surface area contributed by atoms with Crippen molar-refractivity contribution in [1.82, 2.24) is 0 Å². The number of hydrogen-bond acceptors (Lipinski definition) is 2. The lowest BCUT2D eigenvalue weighted by Crippen LogP contribution is -2.32. The molecule has 1 aromatic rings. The molecule has 0 saturated heterocycles. The van der Waals surface area contributed by atoms with Gasteiger partial charge in [-0.15, -0.1) is 0 Å². The van der Waals surface area contributed by atoms with E-state index < -0.39 is 11.8 Å². The monoisotopic (exact) mass is 265 g/mol. The lowest BCUT2D eigenvalue weighted by molar-refractivity contribution is 0.0697. The summed E-state index contributed by atoms with van der Waals surface area (Å²) in [6.07, 6.45) is 5.47. The summed E-state index contributed by atoms with van der Waals surface area (Å²) in [5.41, 5.74) is 0.153. The average Bonchev–Trinajstić information content (AvgIpc) is 2.41. The van der Waals surface area contributed by atoms with Crippen LogP contribution in [0.5, 0.6) is 0 Å². The minimum atomic E-state index is -1.09. The number of para-hydroxylation sites is 1.